The molecule has 1 N–H and O–H groups in total. The third kappa shape index (κ3) is 1.80. The van der Waals surface area contributed by atoms with Crippen LogP contribution in [-0.2, 0) is 6.54 Å². The second-order valence-corrected chi connectivity index (χ2v) is 4.94. The predicted octanol–water partition coefficient (Wildman–Crippen LogP) is 1.62. The number of likely N-dealkylation sites (tertiary alicyclic amines) is 1. The van der Waals surface area contributed by atoms with E-state index in [1.54, 1.807) is 0 Å². The number of nitrogens with zero attached hydrogens (tertiary/aromatic N) is 1. The van der Waals surface area contributed by atoms with Gasteiger partial charge in [-0.25, -0.2) is 0 Å². The summed E-state index contributed by atoms with van der Waals surface area (Å²) in [6.45, 7) is 4.81. The lowest BCUT2D eigenvalue weighted by molar-refractivity contribution is 0.0486. The van der Waals surface area contributed by atoms with Gasteiger partial charge < -0.3 is 5.32 Å². The van der Waals surface area contributed by atoms with Crippen LogP contribution < -0.4 is 5.32 Å². The lowest BCUT2D eigenvalue weighted by Crippen LogP contribution is -2.66. The molecule has 0 saturated carbocycles. The third-order valence-corrected chi connectivity index (χ3v) is 3.63. The van der Waals surface area contributed by atoms with E-state index in [9.17, 15) is 0 Å². The van der Waals surface area contributed by atoms with Crippen molar-refractivity contribution < 1.29 is 0 Å². The Morgan fingerprint density at radius 1 is 1.20 bits per heavy atom. The van der Waals surface area contributed by atoms with Crippen LogP contribution in [0.4, 0.5) is 0 Å². The minimum absolute atomic E-state index is 0.495. The van der Waals surface area contributed by atoms with Gasteiger partial charge in [0.15, 0.2) is 0 Å². The molecule has 1 spiro atoms. The summed E-state index contributed by atoms with van der Waals surface area (Å²) in [4.78, 5) is 2.54. The van der Waals surface area contributed by atoms with Gasteiger partial charge >= 0.3 is 0 Å². The molecule has 0 atom stereocenters. The topological polar surface area (TPSA) is 15.3 Å². The summed E-state index contributed by atoms with van der Waals surface area (Å²) >= 11 is 0. The quantitative estimate of drug-likeness (QED) is 0.784. The highest BCUT2D eigenvalue weighted by Crippen LogP contribution is 2.30. The van der Waals surface area contributed by atoms with Crippen LogP contribution >= 0.6 is 0 Å². The molecule has 2 fully saturated rings. The number of benzene rings is 1. The van der Waals surface area contributed by atoms with Crippen LogP contribution in [0.5, 0.6) is 0 Å². The third-order valence-electron chi connectivity index (χ3n) is 3.63. The van der Waals surface area contributed by atoms with Crippen molar-refractivity contribution in [2.24, 2.45) is 0 Å². The van der Waals surface area contributed by atoms with Gasteiger partial charge in [-0.2, -0.15) is 0 Å². The van der Waals surface area contributed by atoms with Crippen molar-refractivity contribution in [3.05, 3.63) is 35.9 Å². The Bertz CT molecular complexity index is 320. The van der Waals surface area contributed by atoms with Gasteiger partial charge in [-0.1, -0.05) is 30.3 Å². The Kier molecular flexibility index (Phi) is 2.26. The first-order valence-corrected chi connectivity index (χ1v) is 5.88. The Labute approximate surface area is 91.3 Å². The smallest absolute Gasteiger partial charge is 0.0438 e. The zero-order valence-corrected chi connectivity index (χ0v) is 9.08. The van der Waals surface area contributed by atoms with Gasteiger partial charge in [0, 0.05) is 25.2 Å². The van der Waals surface area contributed by atoms with E-state index in [4.69, 9.17) is 0 Å². The van der Waals surface area contributed by atoms with Crippen molar-refractivity contribution in [1.82, 2.24) is 10.2 Å². The monoisotopic (exact) mass is 202 g/mol. The van der Waals surface area contributed by atoms with Crippen LogP contribution in [0, 0.1) is 0 Å². The highest BCUT2D eigenvalue weighted by atomic mass is 15.3. The first kappa shape index (κ1) is 9.37. The fourth-order valence-electron chi connectivity index (χ4n) is 2.90. The van der Waals surface area contributed by atoms with Gasteiger partial charge in [0.05, 0.1) is 0 Å². The molecule has 2 nitrogen and oxygen atoms in total. The minimum atomic E-state index is 0.495. The highest BCUT2D eigenvalue weighted by Gasteiger charge is 2.44. The molecule has 0 radical (unpaired) electrons. The molecule has 0 amide bonds. The van der Waals surface area contributed by atoms with E-state index in [-0.39, 0.29) is 0 Å². The molecule has 0 bridgehead atoms. The lowest BCUT2D eigenvalue weighted by atomic mass is 9.88. The summed E-state index contributed by atoms with van der Waals surface area (Å²) in [5, 5.41) is 3.64. The maximum atomic E-state index is 3.64. The van der Waals surface area contributed by atoms with Crippen molar-refractivity contribution in [3.8, 4) is 0 Å². The summed E-state index contributed by atoms with van der Waals surface area (Å²) in [6, 6.07) is 10.8. The molecule has 2 aliphatic heterocycles. The van der Waals surface area contributed by atoms with Crippen molar-refractivity contribution in [1.29, 1.82) is 0 Å². The molecule has 0 unspecified atom stereocenters. The van der Waals surface area contributed by atoms with Crippen molar-refractivity contribution in [2.45, 2.75) is 24.9 Å². The molecule has 2 heterocycles. The van der Waals surface area contributed by atoms with Crippen molar-refractivity contribution in [2.75, 3.05) is 19.6 Å². The first-order chi connectivity index (χ1) is 7.36. The maximum absolute atomic E-state index is 3.64. The lowest BCUT2D eigenvalue weighted by Gasteiger charge is -2.48. The van der Waals surface area contributed by atoms with E-state index >= 15 is 0 Å². The fourth-order valence-corrected chi connectivity index (χ4v) is 2.90. The molecule has 0 aliphatic carbocycles. The van der Waals surface area contributed by atoms with Gasteiger partial charge in [0.25, 0.3) is 0 Å². The SMILES string of the molecule is c1ccc(CN2CC3(CCCN3)C2)cc1. The fraction of sp³-hybridized carbons (Fsp3) is 0.538. The summed E-state index contributed by atoms with van der Waals surface area (Å²) in [5.74, 6) is 0. The van der Waals surface area contributed by atoms with E-state index < -0.39 is 0 Å². The number of hydrogen-bond acceptors (Lipinski definition) is 2. The average molecular weight is 202 g/mol. The van der Waals surface area contributed by atoms with Crippen molar-refractivity contribution >= 4 is 0 Å². The van der Waals surface area contributed by atoms with E-state index in [1.807, 2.05) is 0 Å². The normalized spacial score (nSPS) is 24.3. The van der Waals surface area contributed by atoms with E-state index in [2.05, 4.69) is 40.5 Å². The minimum Gasteiger partial charge on any atom is -0.309 e. The molecule has 2 aliphatic rings. The molecule has 3 rings (SSSR count). The zero-order valence-electron chi connectivity index (χ0n) is 9.08. The standard InChI is InChI=1S/C13H18N2/c1-2-5-12(6-3-1)9-15-10-13(11-15)7-4-8-14-13/h1-3,5-6,14H,4,7-11H2. The second-order valence-electron chi connectivity index (χ2n) is 4.94. The molecule has 1 aromatic rings. The highest BCUT2D eigenvalue weighted by molar-refractivity contribution is 5.16. The number of rotatable bonds is 2. The molecule has 2 saturated heterocycles. The van der Waals surface area contributed by atoms with E-state index in [0.717, 1.165) is 6.54 Å². The van der Waals surface area contributed by atoms with Crippen molar-refractivity contribution in [3.63, 3.8) is 0 Å². The molecule has 15 heavy (non-hydrogen) atoms. The van der Waals surface area contributed by atoms with Gasteiger partial charge in [-0.15, -0.1) is 0 Å². The van der Waals surface area contributed by atoms with Gasteiger partial charge in [0.2, 0.25) is 0 Å². The predicted molar refractivity (Wildman–Crippen MR) is 61.7 cm³/mol. The molecule has 80 valence electrons. The van der Waals surface area contributed by atoms with Crippen LogP contribution in [0.3, 0.4) is 0 Å². The van der Waals surface area contributed by atoms with Crippen LogP contribution in [0.25, 0.3) is 0 Å². The number of nitrogens with one attached hydrogen (secondary N) is 1. The largest absolute Gasteiger partial charge is 0.309 e. The first-order valence-electron chi connectivity index (χ1n) is 5.88. The summed E-state index contributed by atoms with van der Waals surface area (Å²) < 4.78 is 0. The van der Waals surface area contributed by atoms with Crippen LogP contribution in [0.2, 0.25) is 0 Å². The summed E-state index contributed by atoms with van der Waals surface area (Å²) in [5.41, 5.74) is 1.93. The molecule has 0 aromatic heterocycles. The molecular weight excluding hydrogens is 184 g/mol. The Morgan fingerprint density at radius 2 is 2.00 bits per heavy atom. The van der Waals surface area contributed by atoms with Gasteiger partial charge in [-0.3, -0.25) is 4.90 Å². The maximum Gasteiger partial charge on any atom is 0.0438 e. The van der Waals surface area contributed by atoms with Crippen LogP contribution in [-0.4, -0.2) is 30.1 Å². The van der Waals surface area contributed by atoms with E-state index in [0.29, 0.717) is 5.54 Å². The Morgan fingerprint density at radius 3 is 2.67 bits per heavy atom. The molecule has 1 aromatic carbocycles. The van der Waals surface area contributed by atoms with Crippen LogP contribution in [0.1, 0.15) is 18.4 Å². The van der Waals surface area contributed by atoms with E-state index in [1.165, 1.54) is 38.0 Å². The average Bonchev–Trinajstić information content (AvgIpc) is 2.68. The zero-order chi connectivity index (χ0) is 10.1. The Balaban J connectivity index is 1.56. The second kappa shape index (κ2) is 3.62. The van der Waals surface area contributed by atoms with Crippen LogP contribution in [0.15, 0.2) is 30.3 Å². The number of hydrogen-bond donors (Lipinski definition) is 1. The van der Waals surface area contributed by atoms with Gasteiger partial charge in [-0.05, 0) is 24.9 Å². The molecule has 2 heteroatoms. The molecular formula is C13H18N2. The summed E-state index contributed by atoms with van der Waals surface area (Å²) in [7, 11) is 0. The summed E-state index contributed by atoms with van der Waals surface area (Å²) in [6.07, 6.45) is 2.73. The van der Waals surface area contributed by atoms with Gasteiger partial charge in [0.1, 0.15) is 0 Å². The Hall–Kier alpha value is -0.860.